The average Bonchev–Trinajstić information content (AvgIpc) is 2.86. The lowest BCUT2D eigenvalue weighted by Crippen LogP contribution is -2.08. The number of benzene rings is 3. The predicted octanol–water partition coefficient (Wildman–Crippen LogP) is 5.94. The Morgan fingerprint density at radius 2 is 1.35 bits per heavy atom. The molecular weight excluding hydrogens is 562 g/mol. The van der Waals surface area contributed by atoms with E-state index >= 15 is 0 Å². The summed E-state index contributed by atoms with van der Waals surface area (Å²) >= 11 is 0. The monoisotopic (exact) mass is 591 g/mol. The van der Waals surface area contributed by atoms with Gasteiger partial charge in [0, 0.05) is 17.8 Å². The third-order valence-corrected chi connectivity index (χ3v) is 7.33. The van der Waals surface area contributed by atoms with Crippen molar-refractivity contribution in [2.75, 3.05) is 25.2 Å². The molecular formula is C25H29N5O8S2. The molecule has 0 aliphatic carbocycles. The number of anilines is 1. The number of nitrogens with zero attached hydrogens (tertiary/aromatic N) is 4. The lowest BCUT2D eigenvalue weighted by Gasteiger charge is -2.11. The first-order chi connectivity index (χ1) is 18.7. The molecule has 214 valence electrons. The Balaban J connectivity index is 2.02. The molecule has 0 unspecified atom stereocenters. The molecule has 3 rings (SSSR count). The number of aryl methyl sites for hydroxylation is 3. The van der Waals surface area contributed by atoms with Crippen LogP contribution in [0.2, 0.25) is 0 Å². The third kappa shape index (κ3) is 8.29. The summed E-state index contributed by atoms with van der Waals surface area (Å²) < 4.78 is 75.3. The summed E-state index contributed by atoms with van der Waals surface area (Å²) in [6.45, 7) is 5.35. The van der Waals surface area contributed by atoms with Crippen molar-refractivity contribution in [2.45, 2.75) is 32.1 Å². The fourth-order valence-corrected chi connectivity index (χ4v) is 4.57. The Morgan fingerprint density at radius 1 is 0.775 bits per heavy atom. The lowest BCUT2D eigenvalue weighted by molar-refractivity contribution is 0.317. The Bertz CT molecular complexity index is 1690. The SMILES string of the molecule is COc1ccc(N=Nc2cc(C)c(N=Nc3cc(C)c(N)cc3C)cc2OCCCS(=O)(=O)O)c(S(=O)(=O)O)c1. The Labute approximate surface area is 232 Å². The molecule has 3 aromatic rings. The summed E-state index contributed by atoms with van der Waals surface area (Å²) in [4.78, 5) is -0.512. The van der Waals surface area contributed by atoms with Crippen LogP contribution >= 0.6 is 0 Å². The van der Waals surface area contributed by atoms with E-state index in [1.54, 1.807) is 25.1 Å². The number of ether oxygens (including phenoxy) is 2. The Kier molecular flexibility index (Phi) is 9.57. The van der Waals surface area contributed by atoms with Gasteiger partial charge in [0.1, 0.15) is 27.8 Å². The van der Waals surface area contributed by atoms with Gasteiger partial charge < -0.3 is 15.2 Å². The number of nitrogen functional groups attached to an aromatic ring is 1. The van der Waals surface area contributed by atoms with E-state index in [0.717, 1.165) is 17.2 Å². The van der Waals surface area contributed by atoms with Crippen molar-refractivity contribution in [3.8, 4) is 11.5 Å². The molecule has 0 aliphatic heterocycles. The van der Waals surface area contributed by atoms with Crippen LogP contribution in [0.25, 0.3) is 0 Å². The van der Waals surface area contributed by atoms with Crippen LogP contribution in [0.1, 0.15) is 23.1 Å². The minimum atomic E-state index is -4.65. The van der Waals surface area contributed by atoms with Gasteiger partial charge in [0.2, 0.25) is 0 Å². The van der Waals surface area contributed by atoms with Crippen molar-refractivity contribution in [1.82, 2.24) is 0 Å². The molecule has 0 fully saturated rings. The molecule has 0 saturated carbocycles. The number of methoxy groups -OCH3 is 1. The molecule has 0 aliphatic rings. The zero-order valence-corrected chi connectivity index (χ0v) is 23.8. The number of hydrogen-bond donors (Lipinski definition) is 3. The first-order valence-corrected chi connectivity index (χ1v) is 14.8. The molecule has 15 heteroatoms. The van der Waals surface area contributed by atoms with E-state index in [9.17, 15) is 21.4 Å². The van der Waals surface area contributed by atoms with Crippen molar-refractivity contribution in [3.63, 3.8) is 0 Å². The zero-order valence-electron chi connectivity index (χ0n) is 22.2. The van der Waals surface area contributed by atoms with Gasteiger partial charge in [-0.15, -0.1) is 10.2 Å². The number of hydrogen-bond acceptors (Lipinski definition) is 11. The smallest absolute Gasteiger partial charge is 0.296 e. The van der Waals surface area contributed by atoms with Gasteiger partial charge in [0.05, 0.1) is 30.8 Å². The van der Waals surface area contributed by atoms with E-state index in [0.29, 0.717) is 22.6 Å². The van der Waals surface area contributed by atoms with E-state index in [1.165, 1.54) is 25.3 Å². The number of rotatable bonds is 11. The molecule has 0 saturated heterocycles. The van der Waals surface area contributed by atoms with Crippen LogP contribution in [0.3, 0.4) is 0 Å². The second-order valence-corrected chi connectivity index (χ2v) is 11.8. The summed E-state index contributed by atoms with van der Waals surface area (Å²) in [7, 11) is -7.49. The fourth-order valence-electron chi connectivity index (χ4n) is 3.44. The minimum Gasteiger partial charge on any atom is -0.497 e. The summed E-state index contributed by atoms with van der Waals surface area (Å²) in [5.41, 5.74) is 9.92. The highest BCUT2D eigenvalue weighted by atomic mass is 32.2. The zero-order chi connectivity index (χ0) is 29.7. The van der Waals surface area contributed by atoms with Crippen LogP contribution < -0.4 is 15.2 Å². The van der Waals surface area contributed by atoms with Gasteiger partial charge in [-0.05, 0) is 74.2 Å². The maximum Gasteiger partial charge on any atom is 0.296 e. The minimum absolute atomic E-state index is 0.0184. The molecule has 0 radical (unpaired) electrons. The van der Waals surface area contributed by atoms with Crippen LogP contribution in [0, 0.1) is 20.8 Å². The van der Waals surface area contributed by atoms with Crippen molar-refractivity contribution < 1.29 is 35.4 Å². The maximum atomic E-state index is 11.9. The second kappa shape index (κ2) is 12.5. The van der Waals surface area contributed by atoms with E-state index < -0.39 is 30.9 Å². The summed E-state index contributed by atoms with van der Waals surface area (Å²) in [6.07, 6.45) is -0.0184. The quantitative estimate of drug-likeness (QED) is 0.104. The normalized spacial score (nSPS) is 12.3. The van der Waals surface area contributed by atoms with E-state index in [2.05, 4.69) is 20.5 Å². The molecule has 0 atom stereocenters. The van der Waals surface area contributed by atoms with Gasteiger partial charge in [-0.3, -0.25) is 9.11 Å². The van der Waals surface area contributed by atoms with E-state index in [4.69, 9.17) is 19.8 Å². The summed E-state index contributed by atoms with van der Waals surface area (Å²) in [5, 5.41) is 16.8. The third-order valence-electron chi connectivity index (χ3n) is 5.64. The van der Waals surface area contributed by atoms with Crippen molar-refractivity contribution in [1.29, 1.82) is 0 Å². The topological polar surface area (TPSA) is 203 Å². The first kappa shape index (κ1) is 30.6. The lowest BCUT2D eigenvalue weighted by atomic mass is 10.1. The van der Waals surface area contributed by atoms with Crippen LogP contribution in [-0.2, 0) is 20.2 Å². The molecule has 0 aromatic heterocycles. The second-order valence-electron chi connectivity index (χ2n) is 8.80. The largest absolute Gasteiger partial charge is 0.497 e. The summed E-state index contributed by atoms with van der Waals surface area (Å²) in [5.74, 6) is -0.181. The van der Waals surface area contributed by atoms with Gasteiger partial charge in [-0.1, -0.05) is 0 Å². The average molecular weight is 592 g/mol. The van der Waals surface area contributed by atoms with Gasteiger partial charge in [-0.25, -0.2) is 0 Å². The van der Waals surface area contributed by atoms with Gasteiger partial charge in [0.25, 0.3) is 20.2 Å². The van der Waals surface area contributed by atoms with Crippen LogP contribution in [-0.4, -0.2) is 45.4 Å². The highest BCUT2D eigenvalue weighted by Crippen LogP contribution is 2.38. The van der Waals surface area contributed by atoms with Crippen molar-refractivity contribution in [2.24, 2.45) is 20.5 Å². The molecule has 13 nitrogen and oxygen atoms in total. The van der Waals surface area contributed by atoms with Crippen LogP contribution in [0.5, 0.6) is 11.5 Å². The summed E-state index contributed by atoms with van der Waals surface area (Å²) in [6, 6.07) is 10.6. The molecule has 0 heterocycles. The van der Waals surface area contributed by atoms with Crippen LogP contribution in [0.15, 0.2) is 67.8 Å². The molecule has 40 heavy (non-hydrogen) atoms. The Morgan fingerprint density at radius 3 is 1.98 bits per heavy atom. The van der Waals surface area contributed by atoms with Gasteiger partial charge in [-0.2, -0.15) is 27.1 Å². The highest BCUT2D eigenvalue weighted by Gasteiger charge is 2.18. The maximum absolute atomic E-state index is 11.9. The molecule has 3 aromatic carbocycles. The van der Waals surface area contributed by atoms with Crippen molar-refractivity contribution in [3.05, 3.63) is 59.2 Å². The highest BCUT2D eigenvalue weighted by molar-refractivity contribution is 7.86. The van der Waals surface area contributed by atoms with E-state index in [1.807, 2.05) is 13.8 Å². The fraction of sp³-hybridized carbons (Fsp3) is 0.280. The first-order valence-electron chi connectivity index (χ1n) is 11.8. The number of azo groups is 2. The van der Waals surface area contributed by atoms with Crippen LogP contribution in [0.4, 0.5) is 28.4 Å². The molecule has 0 spiro atoms. The van der Waals surface area contributed by atoms with Crippen molar-refractivity contribution >= 4 is 48.7 Å². The molecule has 0 amide bonds. The molecule has 0 bridgehead atoms. The Hall–Kier alpha value is -3.92. The predicted molar refractivity (Wildman–Crippen MR) is 149 cm³/mol. The molecule has 4 N–H and O–H groups in total. The van der Waals surface area contributed by atoms with Gasteiger partial charge >= 0.3 is 0 Å². The van der Waals surface area contributed by atoms with Gasteiger partial charge in [0.15, 0.2) is 0 Å². The van der Waals surface area contributed by atoms with E-state index in [-0.39, 0.29) is 35.9 Å². The standard InChI is InChI=1S/C25H29N5O8S2/c1-15-11-21(16(2)10-19(15)26)28-29-22-14-24(38-8-5-9-39(31,32)33)23(12-17(22)3)30-27-20-7-6-18(37-4)13-25(20)40(34,35)36/h6-7,10-14H,5,8-9,26H2,1-4H3,(H,31,32,33)(H,34,35,36). The number of nitrogens with two attached hydrogens (primary N) is 1.